The first-order valence-corrected chi connectivity index (χ1v) is 9.24. The molecule has 0 saturated carbocycles. The molecule has 4 nitrogen and oxygen atoms in total. The van der Waals surface area contributed by atoms with Crippen LogP contribution in [0.2, 0.25) is 0 Å². The zero-order valence-corrected chi connectivity index (χ0v) is 14.5. The van der Waals surface area contributed by atoms with Crippen LogP contribution in [-0.4, -0.2) is 15.5 Å². The fourth-order valence-corrected chi connectivity index (χ4v) is 3.94. The molecule has 0 radical (unpaired) electrons. The Morgan fingerprint density at radius 1 is 1.00 bits per heavy atom. The summed E-state index contributed by atoms with van der Waals surface area (Å²) in [6.07, 6.45) is 0. The van der Waals surface area contributed by atoms with Crippen molar-refractivity contribution in [3.05, 3.63) is 65.7 Å². The maximum absolute atomic E-state index is 12.5. The van der Waals surface area contributed by atoms with Crippen LogP contribution in [0.25, 0.3) is 0 Å². The van der Waals surface area contributed by atoms with E-state index in [0.29, 0.717) is 0 Å². The van der Waals surface area contributed by atoms with E-state index in [9.17, 15) is 8.42 Å². The van der Waals surface area contributed by atoms with Crippen LogP contribution in [0, 0.1) is 5.92 Å². The van der Waals surface area contributed by atoms with Crippen LogP contribution in [-0.2, 0) is 15.8 Å². The molecular weight excluding hydrogens is 310 g/mol. The molecule has 1 N–H and O–H groups in total. The van der Waals surface area contributed by atoms with Crippen LogP contribution >= 0.6 is 0 Å². The topological polar surface area (TPSA) is 55.4 Å². The Balaban J connectivity index is 2.17. The first-order chi connectivity index (χ1) is 10.9. The minimum atomic E-state index is -3.42. The molecule has 23 heavy (non-hydrogen) atoms. The highest BCUT2D eigenvalue weighted by molar-refractivity contribution is 7.88. The molecule has 0 amide bonds. The fraction of sp³-hybridized carbons (Fsp3) is 0.333. The molecule has 0 aromatic heterocycles. The average Bonchev–Trinajstić information content (AvgIpc) is 2.53. The predicted octanol–water partition coefficient (Wildman–Crippen LogP) is 3.51. The maximum Gasteiger partial charge on any atom is 0.216 e. The van der Waals surface area contributed by atoms with E-state index in [1.54, 1.807) is 7.11 Å². The van der Waals surface area contributed by atoms with E-state index >= 15 is 0 Å². The number of methoxy groups -OCH3 is 1. The van der Waals surface area contributed by atoms with Crippen molar-refractivity contribution < 1.29 is 13.2 Å². The molecule has 2 aromatic rings. The van der Waals surface area contributed by atoms with Gasteiger partial charge < -0.3 is 4.74 Å². The quantitative estimate of drug-likeness (QED) is 0.843. The molecule has 2 rings (SSSR count). The van der Waals surface area contributed by atoms with Crippen LogP contribution in [0.15, 0.2) is 54.6 Å². The molecule has 2 aromatic carbocycles. The zero-order valence-electron chi connectivity index (χ0n) is 13.7. The second kappa shape index (κ2) is 7.62. The summed E-state index contributed by atoms with van der Waals surface area (Å²) in [5.74, 6) is 0.866. The lowest BCUT2D eigenvalue weighted by molar-refractivity contribution is 0.413. The predicted molar refractivity (Wildman–Crippen MR) is 92.8 cm³/mol. The second-order valence-electron chi connectivity index (χ2n) is 5.86. The van der Waals surface area contributed by atoms with Crippen molar-refractivity contribution in [1.29, 1.82) is 0 Å². The van der Waals surface area contributed by atoms with Gasteiger partial charge in [0.2, 0.25) is 10.0 Å². The van der Waals surface area contributed by atoms with E-state index < -0.39 is 10.0 Å². The molecule has 0 aliphatic carbocycles. The Morgan fingerprint density at radius 3 is 2.13 bits per heavy atom. The van der Waals surface area contributed by atoms with Gasteiger partial charge in [0, 0.05) is 6.04 Å². The number of benzene rings is 2. The van der Waals surface area contributed by atoms with Gasteiger partial charge in [0.05, 0.1) is 12.9 Å². The number of sulfonamides is 1. The first kappa shape index (κ1) is 17.5. The number of nitrogens with one attached hydrogen (secondary N) is 1. The lowest BCUT2D eigenvalue weighted by Crippen LogP contribution is -2.32. The van der Waals surface area contributed by atoms with Crippen LogP contribution in [0.1, 0.15) is 31.0 Å². The molecule has 0 unspecified atom stereocenters. The summed E-state index contributed by atoms with van der Waals surface area (Å²) in [5, 5.41) is 0. The van der Waals surface area contributed by atoms with Crippen LogP contribution in [0.5, 0.6) is 5.75 Å². The van der Waals surface area contributed by atoms with E-state index in [1.165, 1.54) is 0 Å². The van der Waals surface area contributed by atoms with Crippen molar-refractivity contribution >= 4 is 10.0 Å². The summed E-state index contributed by atoms with van der Waals surface area (Å²) < 4.78 is 32.9. The number of rotatable bonds is 7. The van der Waals surface area contributed by atoms with E-state index in [1.807, 2.05) is 68.4 Å². The van der Waals surface area contributed by atoms with Gasteiger partial charge in [-0.2, -0.15) is 0 Å². The third-order valence-electron chi connectivity index (χ3n) is 3.65. The normalized spacial score (nSPS) is 13.0. The molecule has 0 bridgehead atoms. The Labute approximate surface area is 138 Å². The van der Waals surface area contributed by atoms with Gasteiger partial charge in [0.15, 0.2) is 0 Å². The van der Waals surface area contributed by atoms with Gasteiger partial charge >= 0.3 is 0 Å². The summed E-state index contributed by atoms with van der Waals surface area (Å²) >= 11 is 0. The van der Waals surface area contributed by atoms with Gasteiger partial charge in [0.25, 0.3) is 0 Å². The van der Waals surface area contributed by atoms with Crippen molar-refractivity contribution in [1.82, 2.24) is 4.72 Å². The Morgan fingerprint density at radius 2 is 1.61 bits per heavy atom. The molecule has 124 valence electrons. The first-order valence-electron chi connectivity index (χ1n) is 7.59. The Kier molecular flexibility index (Phi) is 5.80. The van der Waals surface area contributed by atoms with Crippen molar-refractivity contribution in [3.63, 3.8) is 0 Å². The van der Waals surface area contributed by atoms with E-state index in [2.05, 4.69) is 4.72 Å². The summed E-state index contributed by atoms with van der Waals surface area (Å²) in [6.45, 7) is 4.00. The third-order valence-corrected chi connectivity index (χ3v) is 4.97. The summed E-state index contributed by atoms with van der Waals surface area (Å²) in [7, 11) is -1.82. The Bertz CT molecular complexity index is 710. The molecule has 0 aliphatic heterocycles. The van der Waals surface area contributed by atoms with E-state index in [4.69, 9.17) is 4.74 Å². The standard InChI is InChI=1S/C18H23NO3S/c1-14(2)18(16-9-11-17(22-3)12-10-16)19-23(20,21)13-15-7-5-4-6-8-15/h4-12,14,18-19H,13H2,1-3H3/t18-/m0/s1. The average molecular weight is 333 g/mol. The smallest absolute Gasteiger partial charge is 0.216 e. The van der Waals surface area contributed by atoms with Crippen molar-refractivity contribution in [3.8, 4) is 5.75 Å². The monoisotopic (exact) mass is 333 g/mol. The summed E-state index contributed by atoms with van der Waals surface area (Å²) in [4.78, 5) is 0. The van der Waals surface area contributed by atoms with Crippen molar-refractivity contribution in [2.24, 2.45) is 5.92 Å². The van der Waals surface area contributed by atoms with E-state index in [-0.39, 0.29) is 17.7 Å². The van der Waals surface area contributed by atoms with Gasteiger partial charge in [-0.05, 0) is 29.2 Å². The SMILES string of the molecule is COc1ccc([C@@H](NS(=O)(=O)Cc2ccccc2)C(C)C)cc1. The van der Waals surface area contributed by atoms with Gasteiger partial charge in [0.1, 0.15) is 5.75 Å². The van der Waals surface area contributed by atoms with Crippen molar-refractivity contribution in [2.45, 2.75) is 25.6 Å². The molecule has 5 heteroatoms. The van der Waals surface area contributed by atoms with Crippen LogP contribution in [0.4, 0.5) is 0 Å². The molecule has 0 spiro atoms. The maximum atomic E-state index is 12.5. The van der Waals surface area contributed by atoms with Gasteiger partial charge in [-0.15, -0.1) is 0 Å². The number of hydrogen-bond donors (Lipinski definition) is 1. The van der Waals surface area contributed by atoms with Gasteiger partial charge in [-0.1, -0.05) is 56.3 Å². The molecule has 0 aliphatic rings. The van der Waals surface area contributed by atoms with Crippen LogP contribution < -0.4 is 9.46 Å². The highest BCUT2D eigenvalue weighted by atomic mass is 32.2. The molecule has 0 heterocycles. The number of ether oxygens (including phenoxy) is 1. The van der Waals surface area contributed by atoms with Gasteiger partial charge in [-0.25, -0.2) is 13.1 Å². The zero-order chi connectivity index (χ0) is 16.9. The second-order valence-corrected chi connectivity index (χ2v) is 7.61. The molecule has 1 atom stereocenters. The largest absolute Gasteiger partial charge is 0.497 e. The highest BCUT2D eigenvalue weighted by Crippen LogP contribution is 2.25. The molecule has 0 fully saturated rings. The molecule has 0 saturated heterocycles. The number of hydrogen-bond acceptors (Lipinski definition) is 3. The third kappa shape index (κ3) is 5.08. The highest BCUT2D eigenvalue weighted by Gasteiger charge is 2.22. The van der Waals surface area contributed by atoms with Gasteiger partial charge in [-0.3, -0.25) is 0 Å². The fourth-order valence-electron chi connectivity index (χ4n) is 2.43. The Hall–Kier alpha value is -1.85. The molecular formula is C18H23NO3S. The van der Waals surface area contributed by atoms with Crippen LogP contribution in [0.3, 0.4) is 0 Å². The summed E-state index contributed by atoms with van der Waals surface area (Å²) in [5.41, 5.74) is 1.70. The minimum Gasteiger partial charge on any atom is -0.497 e. The van der Waals surface area contributed by atoms with Crippen molar-refractivity contribution in [2.75, 3.05) is 7.11 Å². The summed E-state index contributed by atoms with van der Waals surface area (Å²) in [6, 6.07) is 16.4. The lowest BCUT2D eigenvalue weighted by atomic mass is 9.97. The van der Waals surface area contributed by atoms with E-state index in [0.717, 1.165) is 16.9 Å². The minimum absolute atomic E-state index is 0.0206. The lowest BCUT2D eigenvalue weighted by Gasteiger charge is -2.23.